The van der Waals surface area contributed by atoms with Gasteiger partial charge in [0, 0.05) is 32.7 Å². The van der Waals surface area contributed by atoms with Crippen LogP contribution in [0.3, 0.4) is 0 Å². The smallest absolute Gasteiger partial charge is 0.263 e. The normalized spacial score (nSPS) is 16.1. The number of piperazine rings is 1. The van der Waals surface area contributed by atoms with Crippen molar-refractivity contribution < 1.29 is 9.53 Å². The zero-order valence-corrected chi connectivity index (χ0v) is 16.4. The average Bonchev–Trinajstić information content (AvgIpc) is 2.73. The minimum absolute atomic E-state index is 0.108. The summed E-state index contributed by atoms with van der Waals surface area (Å²) in [7, 11) is 0. The van der Waals surface area contributed by atoms with Crippen molar-refractivity contribution in [3.05, 3.63) is 65.7 Å². The lowest BCUT2D eigenvalue weighted by Gasteiger charge is -2.36. The van der Waals surface area contributed by atoms with Gasteiger partial charge >= 0.3 is 0 Å². The third-order valence-electron chi connectivity index (χ3n) is 5.19. The maximum Gasteiger partial charge on any atom is 0.263 e. The third-order valence-corrected chi connectivity index (χ3v) is 5.19. The molecule has 27 heavy (non-hydrogen) atoms. The number of rotatable bonds is 7. The van der Waals surface area contributed by atoms with E-state index in [0.29, 0.717) is 6.42 Å². The van der Waals surface area contributed by atoms with Crippen LogP contribution in [0.1, 0.15) is 31.4 Å². The van der Waals surface area contributed by atoms with E-state index in [1.54, 1.807) is 0 Å². The van der Waals surface area contributed by atoms with E-state index in [1.165, 1.54) is 11.1 Å². The number of carbonyl (C=O) groups is 1. The number of aryl methyl sites for hydroxylation is 1. The molecule has 0 aliphatic carbocycles. The molecule has 1 aliphatic rings. The van der Waals surface area contributed by atoms with Gasteiger partial charge in [-0.15, -0.1) is 0 Å². The number of carbonyl (C=O) groups excluding carboxylic acids is 1. The maximum atomic E-state index is 12.9. The summed E-state index contributed by atoms with van der Waals surface area (Å²) in [5.74, 6) is 0.881. The van der Waals surface area contributed by atoms with Crippen LogP contribution in [0, 0.1) is 0 Å². The largest absolute Gasteiger partial charge is 0.481 e. The maximum absolute atomic E-state index is 12.9. The van der Waals surface area contributed by atoms with Gasteiger partial charge in [0.15, 0.2) is 6.10 Å². The molecule has 0 aromatic heterocycles. The van der Waals surface area contributed by atoms with Gasteiger partial charge in [-0.1, -0.05) is 56.3 Å². The van der Waals surface area contributed by atoms with Crippen LogP contribution in [0.2, 0.25) is 0 Å². The molecule has 1 atom stereocenters. The molecule has 2 aromatic carbocycles. The summed E-state index contributed by atoms with van der Waals surface area (Å²) in [6, 6.07) is 18.6. The standard InChI is InChI=1S/C23H30N2O2/c1-3-19-10-12-21(13-11-19)27-22(4-2)23(26)25-16-14-24(15-17-25)18-20-8-6-5-7-9-20/h5-13,22H,3-4,14-18H2,1-2H3. The van der Waals surface area contributed by atoms with Crippen LogP contribution in [-0.2, 0) is 17.8 Å². The molecule has 0 spiro atoms. The van der Waals surface area contributed by atoms with E-state index in [1.807, 2.05) is 30.0 Å². The summed E-state index contributed by atoms with van der Waals surface area (Å²) in [6.07, 6.45) is 1.28. The van der Waals surface area contributed by atoms with E-state index >= 15 is 0 Å². The summed E-state index contributed by atoms with van der Waals surface area (Å²) < 4.78 is 6.00. The van der Waals surface area contributed by atoms with Crippen LogP contribution < -0.4 is 4.74 Å². The molecule has 1 unspecified atom stereocenters. The summed E-state index contributed by atoms with van der Waals surface area (Å²) in [4.78, 5) is 17.3. The van der Waals surface area contributed by atoms with Crippen LogP contribution in [0.5, 0.6) is 5.75 Å². The van der Waals surface area contributed by atoms with Crippen molar-refractivity contribution >= 4 is 5.91 Å². The van der Waals surface area contributed by atoms with Gasteiger partial charge in [0.1, 0.15) is 5.75 Å². The molecule has 0 N–H and O–H groups in total. The molecule has 144 valence electrons. The predicted octanol–water partition coefficient (Wildman–Crippen LogP) is 3.75. The summed E-state index contributed by atoms with van der Waals surface area (Å²) >= 11 is 0. The summed E-state index contributed by atoms with van der Waals surface area (Å²) in [6.45, 7) is 8.42. The van der Waals surface area contributed by atoms with Crippen LogP contribution in [0.4, 0.5) is 0 Å². The first kappa shape index (κ1) is 19.4. The van der Waals surface area contributed by atoms with Crippen LogP contribution >= 0.6 is 0 Å². The van der Waals surface area contributed by atoms with Gasteiger partial charge in [-0.25, -0.2) is 0 Å². The average molecular weight is 367 g/mol. The van der Waals surface area contributed by atoms with Crippen molar-refractivity contribution in [2.75, 3.05) is 26.2 Å². The monoisotopic (exact) mass is 366 g/mol. The zero-order chi connectivity index (χ0) is 19.1. The van der Waals surface area contributed by atoms with Gasteiger partial charge in [0.25, 0.3) is 5.91 Å². The fourth-order valence-corrected chi connectivity index (χ4v) is 3.45. The Morgan fingerprint density at radius 1 is 0.926 bits per heavy atom. The molecule has 0 radical (unpaired) electrons. The number of benzene rings is 2. The number of nitrogens with zero attached hydrogens (tertiary/aromatic N) is 2. The van der Waals surface area contributed by atoms with E-state index in [9.17, 15) is 4.79 Å². The Labute approximate surface area is 162 Å². The van der Waals surface area contributed by atoms with E-state index in [0.717, 1.165) is 44.9 Å². The Bertz CT molecular complexity index is 707. The van der Waals surface area contributed by atoms with Crippen molar-refractivity contribution in [1.82, 2.24) is 9.80 Å². The number of hydrogen-bond donors (Lipinski definition) is 0. The summed E-state index contributed by atoms with van der Waals surface area (Å²) in [5.41, 5.74) is 2.60. The van der Waals surface area contributed by atoms with Crippen molar-refractivity contribution in [3.8, 4) is 5.75 Å². The topological polar surface area (TPSA) is 32.8 Å². The van der Waals surface area contributed by atoms with Gasteiger partial charge in [-0.2, -0.15) is 0 Å². The second-order valence-corrected chi connectivity index (χ2v) is 7.10. The third kappa shape index (κ3) is 5.33. The molecule has 1 aliphatic heterocycles. The quantitative estimate of drug-likeness (QED) is 0.748. The predicted molar refractivity (Wildman–Crippen MR) is 109 cm³/mol. The van der Waals surface area contributed by atoms with Crippen molar-refractivity contribution in [1.29, 1.82) is 0 Å². The van der Waals surface area contributed by atoms with Crippen LogP contribution in [0.15, 0.2) is 54.6 Å². The Morgan fingerprint density at radius 3 is 2.19 bits per heavy atom. The first-order valence-corrected chi connectivity index (χ1v) is 10.00. The Hall–Kier alpha value is -2.33. The Kier molecular flexibility index (Phi) is 6.88. The Morgan fingerprint density at radius 2 is 1.59 bits per heavy atom. The van der Waals surface area contributed by atoms with Gasteiger partial charge in [0.2, 0.25) is 0 Å². The second kappa shape index (κ2) is 9.56. The molecule has 2 aromatic rings. The number of hydrogen-bond acceptors (Lipinski definition) is 3. The molecule has 4 nitrogen and oxygen atoms in total. The molecular formula is C23H30N2O2. The molecule has 3 rings (SSSR count). The minimum Gasteiger partial charge on any atom is -0.481 e. The first-order chi connectivity index (χ1) is 13.2. The second-order valence-electron chi connectivity index (χ2n) is 7.10. The van der Waals surface area contributed by atoms with E-state index < -0.39 is 6.10 Å². The lowest BCUT2D eigenvalue weighted by atomic mass is 10.1. The van der Waals surface area contributed by atoms with Crippen LogP contribution in [0.25, 0.3) is 0 Å². The van der Waals surface area contributed by atoms with E-state index in [4.69, 9.17) is 4.74 Å². The highest BCUT2D eigenvalue weighted by Crippen LogP contribution is 2.17. The van der Waals surface area contributed by atoms with Crippen molar-refractivity contribution in [2.45, 2.75) is 39.3 Å². The van der Waals surface area contributed by atoms with Gasteiger partial charge in [0.05, 0.1) is 0 Å². The van der Waals surface area contributed by atoms with Crippen molar-refractivity contribution in [2.24, 2.45) is 0 Å². The lowest BCUT2D eigenvalue weighted by Crippen LogP contribution is -2.52. The molecule has 1 fully saturated rings. The highest BCUT2D eigenvalue weighted by Gasteiger charge is 2.27. The summed E-state index contributed by atoms with van der Waals surface area (Å²) in [5, 5.41) is 0. The van der Waals surface area contributed by atoms with Gasteiger partial charge < -0.3 is 9.64 Å². The highest BCUT2D eigenvalue weighted by atomic mass is 16.5. The molecule has 4 heteroatoms. The fraction of sp³-hybridized carbons (Fsp3) is 0.435. The minimum atomic E-state index is -0.404. The molecular weight excluding hydrogens is 336 g/mol. The number of ether oxygens (including phenoxy) is 1. The fourth-order valence-electron chi connectivity index (χ4n) is 3.45. The highest BCUT2D eigenvalue weighted by molar-refractivity contribution is 5.81. The number of amides is 1. The molecule has 1 heterocycles. The van der Waals surface area contributed by atoms with E-state index in [2.05, 4.69) is 48.2 Å². The first-order valence-electron chi connectivity index (χ1n) is 10.00. The molecule has 0 saturated carbocycles. The lowest BCUT2D eigenvalue weighted by molar-refractivity contribution is -0.140. The van der Waals surface area contributed by atoms with Gasteiger partial charge in [-0.3, -0.25) is 9.69 Å². The Balaban J connectivity index is 1.52. The van der Waals surface area contributed by atoms with Crippen molar-refractivity contribution in [3.63, 3.8) is 0 Å². The van der Waals surface area contributed by atoms with E-state index in [-0.39, 0.29) is 5.91 Å². The molecule has 0 bridgehead atoms. The molecule has 1 amide bonds. The molecule has 1 saturated heterocycles. The van der Waals surface area contributed by atoms with Gasteiger partial charge in [-0.05, 0) is 36.1 Å². The van der Waals surface area contributed by atoms with Crippen LogP contribution in [-0.4, -0.2) is 48.0 Å². The zero-order valence-electron chi connectivity index (χ0n) is 16.4. The SMILES string of the molecule is CCc1ccc(OC(CC)C(=O)N2CCN(Cc3ccccc3)CC2)cc1.